The predicted molar refractivity (Wildman–Crippen MR) is 24.4 cm³/mol. The summed E-state index contributed by atoms with van der Waals surface area (Å²) in [5.74, 6) is 0.164. The van der Waals surface area contributed by atoms with Crippen molar-refractivity contribution in [3.8, 4) is 0 Å². The highest BCUT2D eigenvalue weighted by Gasteiger charge is 1.83. The van der Waals surface area contributed by atoms with Gasteiger partial charge in [0, 0.05) is 6.42 Å². The van der Waals surface area contributed by atoms with Crippen molar-refractivity contribution in [2.45, 2.75) is 13.3 Å². The molecule has 2 heteroatoms. The van der Waals surface area contributed by atoms with E-state index in [1.807, 2.05) is 0 Å². The molecule has 0 aromatic rings. The first-order valence-electron chi connectivity index (χ1n) is 1.97. The van der Waals surface area contributed by atoms with E-state index in [0.29, 0.717) is 13.0 Å². The third-order valence-corrected chi connectivity index (χ3v) is 0.496. The van der Waals surface area contributed by atoms with Crippen LogP contribution in [0.15, 0.2) is 0 Å². The van der Waals surface area contributed by atoms with Crippen molar-refractivity contribution in [2.75, 3.05) is 6.54 Å². The minimum atomic E-state index is 0.164. The lowest BCUT2D eigenvalue weighted by Gasteiger charge is -1.81. The Bertz CT molecular complexity index is 51.5. The number of nitrogens with two attached hydrogens (primary N) is 1. The maximum atomic E-state index is 9.96. The highest BCUT2D eigenvalue weighted by Crippen LogP contribution is 1.71. The average molecular weight is 87.1 g/mol. The summed E-state index contributed by atoms with van der Waals surface area (Å²) in [6.45, 7) is 2.02. The molecule has 0 aromatic heterocycles. The van der Waals surface area contributed by atoms with E-state index in [4.69, 9.17) is 5.73 Å². The zero-order valence-corrected chi connectivity index (χ0v) is 3.90. The van der Waals surface area contributed by atoms with Crippen molar-refractivity contribution in [2.24, 2.45) is 5.73 Å². The van der Waals surface area contributed by atoms with E-state index in [-0.39, 0.29) is 5.78 Å². The molecular weight excluding hydrogens is 78.0 g/mol. The van der Waals surface area contributed by atoms with E-state index in [0.717, 1.165) is 0 Å². The van der Waals surface area contributed by atoms with Crippen LogP contribution >= 0.6 is 0 Å². The van der Waals surface area contributed by atoms with Gasteiger partial charge in [0.25, 0.3) is 0 Å². The van der Waals surface area contributed by atoms with E-state index >= 15 is 0 Å². The van der Waals surface area contributed by atoms with E-state index < -0.39 is 0 Å². The van der Waals surface area contributed by atoms with Gasteiger partial charge in [-0.1, -0.05) is 0 Å². The van der Waals surface area contributed by atoms with Gasteiger partial charge in [0.15, 0.2) is 0 Å². The molecule has 6 heavy (non-hydrogen) atoms. The molecule has 0 spiro atoms. The van der Waals surface area contributed by atoms with Crippen LogP contribution in [0.2, 0.25) is 0 Å². The van der Waals surface area contributed by atoms with Gasteiger partial charge in [-0.15, -0.1) is 0 Å². The predicted octanol–water partition coefficient (Wildman–Crippen LogP) is -0.0758. The number of carbonyl (C=O) groups excluding carboxylic acids is 1. The number of Topliss-reactive ketones (excluding diaryl/α,β-unsaturated/α-hetero) is 1. The molecule has 2 nitrogen and oxygen atoms in total. The van der Waals surface area contributed by atoms with E-state index in [2.05, 4.69) is 0 Å². The fourth-order valence-electron chi connectivity index (χ4n) is 0.203. The summed E-state index contributed by atoms with van der Waals surface area (Å²) in [5.41, 5.74) is 5.01. The lowest BCUT2D eigenvalue weighted by molar-refractivity contribution is -0.116. The second kappa shape index (κ2) is 2.85. The summed E-state index contributed by atoms with van der Waals surface area (Å²) in [6.07, 6.45) is 0.514. The Morgan fingerprint density at radius 1 is 1.83 bits per heavy atom. The third kappa shape index (κ3) is 3.63. The third-order valence-electron chi connectivity index (χ3n) is 0.496. The van der Waals surface area contributed by atoms with Gasteiger partial charge in [-0.3, -0.25) is 4.79 Å². The van der Waals surface area contributed by atoms with Gasteiger partial charge >= 0.3 is 0 Å². The number of hydrogen-bond acceptors (Lipinski definition) is 2. The molecule has 0 aliphatic carbocycles. The molecule has 0 rings (SSSR count). The lowest BCUT2D eigenvalue weighted by atomic mass is 10.3. The van der Waals surface area contributed by atoms with Crippen molar-refractivity contribution >= 4 is 5.78 Å². The van der Waals surface area contributed by atoms with Gasteiger partial charge in [0.2, 0.25) is 0 Å². The van der Waals surface area contributed by atoms with Gasteiger partial charge < -0.3 is 5.73 Å². The molecule has 0 heterocycles. The maximum Gasteiger partial charge on any atom is 0.131 e. The molecule has 36 valence electrons. The molecule has 0 saturated heterocycles. The summed E-state index contributed by atoms with van der Waals surface area (Å²) in [4.78, 5) is 9.96. The van der Waals surface area contributed by atoms with E-state index in [1.165, 1.54) is 6.92 Å². The van der Waals surface area contributed by atoms with Gasteiger partial charge in [0.1, 0.15) is 5.78 Å². The lowest BCUT2D eigenvalue weighted by Crippen LogP contribution is -2.03. The molecule has 0 aromatic carbocycles. The van der Waals surface area contributed by atoms with Gasteiger partial charge in [0.05, 0.1) is 0 Å². The Balaban J connectivity index is 2.83. The summed E-state index contributed by atoms with van der Waals surface area (Å²) in [6, 6.07) is 0. The van der Waals surface area contributed by atoms with Crippen molar-refractivity contribution in [1.82, 2.24) is 0 Å². The number of carbonyl (C=O) groups is 1. The van der Waals surface area contributed by atoms with Crippen LogP contribution in [0, 0.1) is 0 Å². The fraction of sp³-hybridized carbons (Fsp3) is 0.750. The Morgan fingerprint density at radius 2 is 2.33 bits per heavy atom. The summed E-state index contributed by atoms with van der Waals surface area (Å²) in [7, 11) is 0. The van der Waals surface area contributed by atoms with Crippen molar-refractivity contribution in [1.29, 1.82) is 0 Å². The number of rotatable bonds is 2. The quantitative estimate of drug-likeness (QED) is 0.512. The molecule has 0 unspecified atom stereocenters. The van der Waals surface area contributed by atoms with Crippen LogP contribution in [-0.2, 0) is 4.79 Å². The minimum Gasteiger partial charge on any atom is -0.330 e. The fourth-order valence-corrected chi connectivity index (χ4v) is 0.203. The Kier molecular flexibility index (Phi) is 2.67. The van der Waals surface area contributed by atoms with Crippen LogP contribution in [0.4, 0.5) is 0 Å². The van der Waals surface area contributed by atoms with E-state index in [9.17, 15) is 4.79 Å². The first kappa shape index (κ1) is 5.63. The van der Waals surface area contributed by atoms with Crippen molar-refractivity contribution < 1.29 is 4.79 Å². The summed E-state index contributed by atoms with van der Waals surface area (Å²) in [5, 5.41) is 0. The first-order valence-corrected chi connectivity index (χ1v) is 1.97. The topological polar surface area (TPSA) is 43.1 Å². The molecule has 0 aliphatic heterocycles. The second-order valence-electron chi connectivity index (χ2n) is 1.24. The molecule has 2 N–H and O–H groups in total. The summed E-state index contributed by atoms with van der Waals surface area (Å²) < 4.78 is 0. The standard InChI is InChI=1S/C4H9NO/c1-4(6)2-3-5/h2-3,5H2,1H3. The van der Waals surface area contributed by atoms with E-state index in [1.54, 1.807) is 0 Å². The minimum absolute atomic E-state index is 0.164. The second-order valence-corrected chi connectivity index (χ2v) is 1.24. The molecule has 0 aliphatic rings. The molecule has 0 atom stereocenters. The Hall–Kier alpha value is -0.370. The highest BCUT2D eigenvalue weighted by atomic mass is 16.1. The molecule has 0 amide bonds. The molecule has 0 saturated carbocycles. The normalized spacial score (nSPS) is 8.33. The highest BCUT2D eigenvalue weighted by molar-refractivity contribution is 5.75. The van der Waals surface area contributed by atoms with Gasteiger partial charge in [-0.2, -0.15) is 0 Å². The molecule has 0 radical (unpaired) electrons. The van der Waals surface area contributed by atoms with Gasteiger partial charge in [-0.25, -0.2) is 0 Å². The molecule has 0 fully saturated rings. The molecular formula is C4H9NO. The summed E-state index contributed by atoms with van der Waals surface area (Å²) >= 11 is 0. The largest absolute Gasteiger partial charge is 0.330 e. The Morgan fingerprint density at radius 3 is 2.33 bits per heavy atom. The molecule has 0 bridgehead atoms. The van der Waals surface area contributed by atoms with Crippen LogP contribution in [0.25, 0.3) is 0 Å². The van der Waals surface area contributed by atoms with Crippen LogP contribution < -0.4 is 5.73 Å². The first-order chi connectivity index (χ1) is 2.77. The van der Waals surface area contributed by atoms with Crippen LogP contribution in [0.1, 0.15) is 13.3 Å². The monoisotopic (exact) mass is 87.1 g/mol. The van der Waals surface area contributed by atoms with Crippen LogP contribution in [-0.4, -0.2) is 12.3 Å². The number of hydrogen-bond donors (Lipinski definition) is 1. The van der Waals surface area contributed by atoms with Crippen LogP contribution in [0.5, 0.6) is 0 Å². The smallest absolute Gasteiger partial charge is 0.131 e. The maximum absolute atomic E-state index is 9.96. The zero-order valence-electron chi connectivity index (χ0n) is 3.90. The van der Waals surface area contributed by atoms with Crippen molar-refractivity contribution in [3.05, 3.63) is 0 Å². The number of ketones is 1. The Labute approximate surface area is 37.3 Å². The SMILES string of the molecule is CC(=O)CCN. The average Bonchev–Trinajstić information content (AvgIpc) is 1.35. The van der Waals surface area contributed by atoms with Gasteiger partial charge in [-0.05, 0) is 13.5 Å². The van der Waals surface area contributed by atoms with Crippen LogP contribution in [0.3, 0.4) is 0 Å². The van der Waals surface area contributed by atoms with Crippen molar-refractivity contribution in [3.63, 3.8) is 0 Å². The zero-order chi connectivity index (χ0) is 4.99.